The predicted molar refractivity (Wildman–Crippen MR) is 76.1 cm³/mol. The van der Waals surface area contributed by atoms with E-state index in [2.05, 4.69) is 15.3 Å². The summed E-state index contributed by atoms with van der Waals surface area (Å²) in [6.07, 6.45) is 2.81. The third kappa shape index (κ3) is 3.19. The van der Waals surface area contributed by atoms with Crippen molar-refractivity contribution in [3.05, 3.63) is 36.4 Å². The lowest BCUT2D eigenvalue weighted by atomic mass is 10.2. The minimum atomic E-state index is -0.355. The SMILES string of the molecule is COc1cc(NC(=O)c2ccncn2)cc(OC)c1OC. The van der Waals surface area contributed by atoms with Gasteiger partial charge in [0, 0.05) is 24.0 Å². The Morgan fingerprint density at radius 1 is 1.10 bits per heavy atom. The molecule has 1 aromatic carbocycles. The number of hydrogen-bond acceptors (Lipinski definition) is 6. The molecule has 21 heavy (non-hydrogen) atoms. The smallest absolute Gasteiger partial charge is 0.274 e. The molecule has 1 aromatic heterocycles. The van der Waals surface area contributed by atoms with Gasteiger partial charge in [0.05, 0.1) is 21.3 Å². The van der Waals surface area contributed by atoms with Crippen LogP contribution in [0.1, 0.15) is 10.5 Å². The van der Waals surface area contributed by atoms with Gasteiger partial charge in [0.2, 0.25) is 5.75 Å². The summed E-state index contributed by atoms with van der Waals surface area (Å²) >= 11 is 0. The van der Waals surface area contributed by atoms with Crippen LogP contribution in [0.15, 0.2) is 30.7 Å². The molecule has 2 rings (SSSR count). The first kappa shape index (κ1) is 14.6. The Bertz CT molecular complexity index is 606. The van der Waals surface area contributed by atoms with E-state index in [0.29, 0.717) is 22.9 Å². The monoisotopic (exact) mass is 289 g/mol. The van der Waals surface area contributed by atoms with Crippen molar-refractivity contribution in [3.8, 4) is 17.2 Å². The van der Waals surface area contributed by atoms with Crippen LogP contribution in [0.3, 0.4) is 0 Å². The lowest BCUT2D eigenvalue weighted by molar-refractivity contribution is 0.102. The number of hydrogen-bond donors (Lipinski definition) is 1. The number of nitrogens with zero attached hydrogens (tertiary/aromatic N) is 2. The van der Waals surface area contributed by atoms with E-state index in [9.17, 15) is 4.79 Å². The van der Waals surface area contributed by atoms with Crippen LogP contribution >= 0.6 is 0 Å². The minimum absolute atomic E-state index is 0.263. The number of anilines is 1. The molecule has 7 nitrogen and oxygen atoms in total. The summed E-state index contributed by atoms with van der Waals surface area (Å²) in [5.41, 5.74) is 0.770. The molecule has 1 heterocycles. The first-order valence-electron chi connectivity index (χ1n) is 6.07. The number of ether oxygens (including phenoxy) is 3. The van der Waals surface area contributed by atoms with E-state index in [1.54, 1.807) is 12.1 Å². The summed E-state index contributed by atoms with van der Waals surface area (Å²) in [4.78, 5) is 19.7. The number of carbonyl (C=O) groups excluding carboxylic acids is 1. The highest BCUT2D eigenvalue weighted by Gasteiger charge is 2.15. The van der Waals surface area contributed by atoms with Crippen LogP contribution in [-0.4, -0.2) is 37.2 Å². The number of benzene rings is 1. The summed E-state index contributed by atoms with van der Waals surface area (Å²) in [6, 6.07) is 4.80. The quantitative estimate of drug-likeness (QED) is 0.903. The van der Waals surface area contributed by atoms with Crippen LogP contribution in [0.5, 0.6) is 17.2 Å². The zero-order chi connectivity index (χ0) is 15.2. The maximum atomic E-state index is 12.1. The maximum absolute atomic E-state index is 12.1. The second-order valence-electron chi connectivity index (χ2n) is 3.96. The molecule has 0 spiro atoms. The summed E-state index contributed by atoms with van der Waals surface area (Å²) in [5, 5.41) is 2.71. The van der Waals surface area contributed by atoms with Crippen LogP contribution in [0.4, 0.5) is 5.69 Å². The molecule has 0 unspecified atom stereocenters. The molecule has 0 bridgehead atoms. The Hall–Kier alpha value is -2.83. The van der Waals surface area contributed by atoms with Gasteiger partial charge < -0.3 is 19.5 Å². The Kier molecular flexibility index (Phi) is 4.55. The lowest BCUT2D eigenvalue weighted by Crippen LogP contribution is -2.13. The summed E-state index contributed by atoms with van der Waals surface area (Å²) < 4.78 is 15.7. The van der Waals surface area contributed by atoms with E-state index in [1.165, 1.54) is 39.9 Å². The van der Waals surface area contributed by atoms with Gasteiger partial charge in [0.25, 0.3) is 5.91 Å². The molecule has 0 atom stereocenters. The summed E-state index contributed by atoms with van der Waals surface area (Å²) in [7, 11) is 4.53. The number of aromatic nitrogens is 2. The predicted octanol–water partition coefficient (Wildman–Crippen LogP) is 1.75. The van der Waals surface area contributed by atoms with Crippen molar-refractivity contribution in [2.24, 2.45) is 0 Å². The van der Waals surface area contributed by atoms with Gasteiger partial charge in [-0.3, -0.25) is 4.79 Å². The Balaban J connectivity index is 2.30. The van der Waals surface area contributed by atoms with Crippen LogP contribution < -0.4 is 19.5 Å². The van der Waals surface area contributed by atoms with Crippen molar-refractivity contribution >= 4 is 11.6 Å². The first-order chi connectivity index (χ1) is 10.2. The van der Waals surface area contributed by atoms with E-state index in [1.807, 2.05) is 0 Å². The molecule has 0 radical (unpaired) electrons. The molecular weight excluding hydrogens is 274 g/mol. The summed E-state index contributed by atoms with van der Waals surface area (Å²) in [5.74, 6) is 1.01. The average Bonchev–Trinajstić information content (AvgIpc) is 2.54. The number of amides is 1. The largest absolute Gasteiger partial charge is 0.493 e. The van der Waals surface area contributed by atoms with Gasteiger partial charge in [0.1, 0.15) is 12.0 Å². The van der Waals surface area contributed by atoms with Crippen LogP contribution in [0, 0.1) is 0 Å². The second kappa shape index (κ2) is 6.56. The van der Waals surface area contributed by atoms with Crippen LogP contribution in [0.2, 0.25) is 0 Å². The molecule has 7 heteroatoms. The van der Waals surface area contributed by atoms with Gasteiger partial charge >= 0.3 is 0 Å². The fourth-order valence-electron chi connectivity index (χ4n) is 1.77. The van der Waals surface area contributed by atoms with E-state index < -0.39 is 0 Å². The average molecular weight is 289 g/mol. The maximum Gasteiger partial charge on any atom is 0.274 e. The number of nitrogens with one attached hydrogen (secondary N) is 1. The third-order valence-electron chi connectivity index (χ3n) is 2.74. The summed E-state index contributed by atoms with van der Waals surface area (Å²) in [6.45, 7) is 0. The highest BCUT2D eigenvalue weighted by Crippen LogP contribution is 2.39. The minimum Gasteiger partial charge on any atom is -0.493 e. The molecule has 0 saturated carbocycles. The Morgan fingerprint density at radius 2 is 1.76 bits per heavy atom. The fraction of sp³-hybridized carbons (Fsp3) is 0.214. The van der Waals surface area contributed by atoms with Crippen molar-refractivity contribution in [3.63, 3.8) is 0 Å². The third-order valence-corrected chi connectivity index (χ3v) is 2.74. The van der Waals surface area contributed by atoms with Crippen molar-refractivity contribution in [1.82, 2.24) is 9.97 Å². The fourth-order valence-corrected chi connectivity index (χ4v) is 1.77. The zero-order valence-corrected chi connectivity index (χ0v) is 11.9. The van der Waals surface area contributed by atoms with Gasteiger partial charge in [-0.1, -0.05) is 0 Å². The van der Waals surface area contributed by atoms with Gasteiger partial charge in [-0.25, -0.2) is 9.97 Å². The molecule has 0 fully saturated rings. The normalized spacial score (nSPS) is 9.86. The van der Waals surface area contributed by atoms with Gasteiger partial charge in [0.15, 0.2) is 11.5 Å². The molecule has 0 aliphatic heterocycles. The van der Waals surface area contributed by atoms with Crippen molar-refractivity contribution in [2.45, 2.75) is 0 Å². The number of rotatable bonds is 5. The van der Waals surface area contributed by atoms with Gasteiger partial charge in [-0.05, 0) is 6.07 Å². The molecule has 1 N–H and O–H groups in total. The van der Waals surface area contributed by atoms with Crippen LogP contribution in [0.25, 0.3) is 0 Å². The zero-order valence-electron chi connectivity index (χ0n) is 11.9. The van der Waals surface area contributed by atoms with Crippen molar-refractivity contribution in [1.29, 1.82) is 0 Å². The number of methoxy groups -OCH3 is 3. The number of carbonyl (C=O) groups is 1. The van der Waals surface area contributed by atoms with Crippen molar-refractivity contribution in [2.75, 3.05) is 26.6 Å². The molecule has 0 aliphatic rings. The molecule has 1 amide bonds. The molecule has 0 aliphatic carbocycles. The highest BCUT2D eigenvalue weighted by atomic mass is 16.5. The van der Waals surface area contributed by atoms with E-state index in [-0.39, 0.29) is 11.6 Å². The van der Waals surface area contributed by atoms with E-state index in [4.69, 9.17) is 14.2 Å². The highest BCUT2D eigenvalue weighted by molar-refractivity contribution is 6.03. The molecular formula is C14H15N3O4. The van der Waals surface area contributed by atoms with Crippen molar-refractivity contribution < 1.29 is 19.0 Å². The lowest BCUT2D eigenvalue weighted by Gasteiger charge is -2.14. The van der Waals surface area contributed by atoms with Gasteiger partial charge in [-0.15, -0.1) is 0 Å². The Labute approximate surface area is 121 Å². The van der Waals surface area contributed by atoms with E-state index >= 15 is 0 Å². The molecule has 110 valence electrons. The van der Waals surface area contributed by atoms with E-state index in [0.717, 1.165) is 0 Å². The standard InChI is InChI=1S/C14H15N3O4/c1-19-11-6-9(7-12(20-2)13(11)21-3)17-14(18)10-4-5-15-8-16-10/h4-8H,1-3H3,(H,17,18). The second-order valence-corrected chi connectivity index (χ2v) is 3.96. The molecule has 2 aromatic rings. The van der Waals surface area contributed by atoms with Gasteiger partial charge in [-0.2, -0.15) is 0 Å². The molecule has 0 saturated heterocycles. The van der Waals surface area contributed by atoms with Crippen LogP contribution in [-0.2, 0) is 0 Å². The first-order valence-corrected chi connectivity index (χ1v) is 6.07. The topological polar surface area (TPSA) is 82.6 Å². The Morgan fingerprint density at radius 3 is 2.24 bits per heavy atom.